The molecule has 1 heterocycles. The number of nitrogens with one attached hydrogen (secondary N) is 2. The SMILES string of the molecule is COc1ccc(OC)c([C@H](C)NS(=O)(=O)c2nnc(NC(=O)c3ccc(Cl)cc3)s2)c1. The van der Waals surface area contributed by atoms with Crippen molar-refractivity contribution in [2.45, 2.75) is 17.3 Å². The monoisotopic (exact) mass is 482 g/mol. The number of carbonyl (C=O) groups is 1. The number of hydrogen-bond donors (Lipinski definition) is 2. The fourth-order valence-corrected chi connectivity index (χ4v) is 4.92. The average molecular weight is 483 g/mol. The molecule has 3 rings (SSSR count). The molecule has 12 heteroatoms. The first-order valence-corrected chi connectivity index (χ1v) is 11.6. The standard InChI is InChI=1S/C19H19ClN4O5S2/c1-11(15-10-14(28-2)8-9-16(15)29-3)24-31(26,27)19-23-22-18(30-19)21-17(25)12-4-6-13(20)7-5-12/h4-11,24H,1-3H3,(H,21,22,25)/t11-/m0/s1. The molecule has 0 aliphatic carbocycles. The van der Waals surface area contributed by atoms with Gasteiger partial charge in [0.1, 0.15) is 11.5 Å². The summed E-state index contributed by atoms with van der Waals surface area (Å²) < 4.78 is 38.3. The number of rotatable bonds is 8. The molecule has 2 N–H and O–H groups in total. The molecule has 3 aromatic rings. The maximum atomic E-state index is 12.8. The molecular weight excluding hydrogens is 464 g/mol. The van der Waals surface area contributed by atoms with Crippen molar-refractivity contribution in [3.8, 4) is 11.5 Å². The van der Waals surface area contributed by atoms with Crippen LogP contribution in [0, 0.1) is 0 Å². The third kappa shape index (κ3) is 5.50. The van der Waals surface area contributed by atoms with E-state index in [0.29, 0.717) is 27.6 Å². The van der Waals surface area contributed by atoms with Crippen molar-refractivity contribution in [3.63, 3.8) is 0 Å². The Morgan fingerprint density at radius 2 is 1.81 bits per heavy atom. The molecule has 0 unspecified atom stereocenters. The lowest BCUT2D eigenvalue weighted by Gasteiger charge is -2.17. The molecule has 0 saturated carbocycles. The summed E-state index contributed by atoms with van der Waals surface area (Å²) in [5.74, 6) is 0.605. The number of benzene rings is 2. The van der Waals surface area contributed by atoms with Crippen molar-refractivity contribution in [3.05, 3.63) is 58.6 Å². The quantitative estimate of drug-likeness (QED) is 0.471. The minimum Gasteiger partial charge on any atom is -0.497 e. The van der Waals surface area contributed by atoms with E-state index in [9.17, 15) is 13.2 Å². The smallest absolute Gasteiger partial charge is 0.270 e. The number of aromatic nitrogens is 2. The zero-order valence-corrected chi connectivity index (χ0v) is 19.1. The largest absolute Gasteiger partial charge is 0.497 e. The summed E-state index contributed by atoms with van der Waals surface area (Å²) in [6.07, 6.45) is 0. The molecule has 0 radical (unpaired) electrons. The van der Waals surface area contributed by atoms with Gasteiger partial charge in [0.05, 0.1) is 14.2 Å². The lowest BCUT2D eigenvalue weighted by molar-refractivity contribution is 0.102. The van der Waals surface area contributed by atoms with Gasteiger partial charge in [0.15, 0.2) is 0 Å². The Labute approximate surface area is 188 Å². The molecule has 0 aliphatic heterocycles. The van der Waals surface area contributed by atoms with Crippen LogP contribution in [-0.2, 0) is 10.0 Å². The van der Waals surface area contributed by atoms with Crippen molar-refractivity contribution >= 4 is 44.0 Å². The highest BCUT2D eigenvalue weighted by atomic mass is 35.5. The van der Waals surface area contributed by atoms with Crippen LogP contribution in [0.2, 0.25) is 5.02 Å². The minimum atomic E-state index is -4.01. The lowest BCUT2D eigenvalue weighted by atomic mass is 10.1. The maximum Gasteiger partial charge on any atom is 0.270 e. The van der Waals surface area contributed by atoms with E-state index >= 15 is 0 Å². The van der Waals surface area contributed by atoms with Crippen molar-refractivity contribution in [2.75, 3.05) is 19.5 Å². The zero-order valence-electron chi connectivity index (χ0n) is 16.7. The number of carbonyl (C=O) groups excluding carboxylic acids is 1. The lowest BCUT2D eigenvalue weighted by Crippen LogP contribution is -2.27. The van der Waals surface area contributed by atoms with E-state index in [2.05, 4.69) is 20.2 Å². The fraction of sp³-hybridized carbons (Fsp3) is 0.211. The van der Waals surface area contributed by atoms with Gasteiger partial charge in [-0.1, -0.05) is 22.9 Å². The Hall–Kier alpha value is -2.73. The molecule has 0 fully saturated rings. The molecule has 1 amide bonds. The predicted octanol–water partition coefficient (Wildman–Crippen LogP) is 3.50. The molecule has 0 spiro atoms. The first-order valence-electron chi connectivity index (χ1n) is 8.88. The van der Waals surface area contributed by atoms with Crippen molar-refractivity contribution in [1.82, 2.24) is 14.9 Å². The summed E-state index contributed by atoms with van der Waals surface area (Å²) in [5.41, 5.74) is 0.937. The number of methoxy groups -OCH3 is 2. The van der Waals surface area contributed by atoms with Gasteiger partial charge in [0.25, 0.3) is 15.9 Å². The van der Waals surface area contributed by atoms with Crippen LogP contribution >= 0.6 is 22.9 Å². The Bertz CT molecular complexity index is 1180. The summed E-state index contributed by atoms with van der Waals surface area (Å²) >= 11 is 6.55. The summed E-state index contributed by atoms with van der Waals surface area (Å²) in [4.78, 5) is 12.3. The van der Waals surface area contributed by atoms with Crippen molar-refractivity contribution < 1.29 is 22.7 Å². The average Bonchev–Trinajstić information content (AvgIpc) is 3.23. The third-order valence-corrected chi connectivity index (χ3v) is 7.20. The van der Waals surface area contributed by atoms with Crippen LogP contribution in [0.25, 0.3) is 0 Å². The van der Waals surface area contributed by atoms with Gasteiger partial charge in [0.2, 0.25) is 9.47 Å². The van der Waals surface area contributed by atoms with E-state index in [1.165, 1.54) is 14.2 Å². The Morgan fingerprint density at radius 1 is 1.10 bits per heavy atom. The summed E-state index contributed by atoms with van der Waals surface area (Å²) in [5, 5.41) is 10.5. The van der Waals surface area contributed by atoms with Gasteiger partial charge in [0, 0.05) is 22.2 Å². The van der Waals surface area contributed by atoms with Gasteiger partial charge in [-0.3, -0.25) is 10.1 Å². The van der Waals surface area contributed by atoms with E-state index in [-0.39, 0.29) is 9.47 Å². The molecule has 9 nitrogen and oxygen atoms in total. The van der Waals surface area contributed by atoms with Gasteiger partial charge in [-0.2, -0.15) is 0 Å². The van der Waals surface area contributed by atoms with Crippen LogP contribution in [-0.4, -0.2) is 38.7 Å². The first kappa shape index (κ1) is 22.9. The Balaban J connectivity index is 1.75. The normalized spacial score (nSPS) is 12.3. The summed E-state index contributed by atoms with van der Waals surface area (Å²) in [6.45, 7) is 1.67. The number of halogens is 1. The molecular formula is C19H19ClN4O5S2. The van der Waals surface area contributed by atoms with E-state index in [1.807, 2.05) is 0 Å². The number of nitrogens with zero attached hydrogens (tertiary/aromatic N) is 2. The van der Waals surface area contributed by atoms with Crippen LogP contribution in [0.4, 0.5) is 5.13 Å². The van der Waals surface area contributed by atoms with Gasteiger partial charge < -0.3 is 9.47 Å². The fourth-order valence-electron chi connectivity index (χ4n) is 2.66. The first-order chi connectivity index (χ1) is 14.7. The topological polar surface area (TPSA) is 120 Å². The van der Waals surface area contributed by atoms with Crippen LogP contribution in [0.1, 0.15) is 28.9 Å². The van der Waals surface area contributed by atoms with E-state index < -0.39 is 22.0 Å². The van der Waals surface area contributed by atoms with Gasteiger partial charge in [-0.25, -0.2) is 13.1 Å². The van der Waals surface area contributed by atoms with Gasteiger partial charge in [-0.15, -0.1) is 10.2 Å². The predicted molar refractivity (Wildman–Crippen MR) is 118 cm³/mol. The van der Waals surface area contributed by atoms with Gasteiger partial charge in [-0.05, 0) is 49.4 Å². The second-order valence-electron chi connectivity index (χ2n) is 6.28. The van der Waals surface area contributed by atoms with Crippen LogP contribution in [0.15, 0.2) is 46.8 Å². The van der Waals surface area contributed by atoms with Gasteiger partial charge >= 0.3 is 0 Å². The summed E-state index contributed by atoms with van der Waals surface area (Å²) in [6, 6.07) is 10.7. The second kappa shape index (κ2) is 9.60. The highest BCUT2D eigenvalue weighted by Gasteiger charge is 2.25. The second-order valence-corrected chi connectivity index (χ2v) is 9.59. The number of hydrogen-bond acceptors (Lipinski definition) is 8. The zero-order chi connectivity index (χ0) is 22.6. The molecule has 0 bridgehead atoms. The maximum absolute atomic E-state index is 12.8. The van der Waals surface area contributed by atoms with Crippen LogP contribution in [0.3, 0.4) is 0 Å². The highest BCUT2D eigenvalue weighted by Crippen LogP contribution is 2.31. The number of amides is 1. The van der Waals surface area contributed by atoms with Crippen LogP contribution < -0.4 is 19.5 Å². The number of sulfonamides is 1. The molecule has 0 saturated heterocycles. The van der Waals surface area contributed by atoms with E-state index in [1.54, 1.807) is 49.4 Å². The molecule has 0 aliphatic rings. The van der Waals surface area contributed by atoms with Crippen LogP contribution in [0.5, 0.6) is 11.5 Å². The van der Waals surface area contributed by atoms with E-state index in [0.717, 1.165) is 11.3 Å². The van der Waals surface area contributed by atoms with Crippen molar-refractivity contribution in [2.24, 2.45) is 0 Å². The number of anilines is 1. The van der Waals surface area contributed by atoms with E-state index in [4.69, 9.17) is 21.1 Å². The third-order valence-electron chi connectivity index (χ3n) is 4.20. The van der Waals surface area contributed by atoms with Crippen molar-refractivity contribution in [1.29, 1.82) is 0 Å². The Morgan fingerprint density at radius 3 is 2.45 bits per heavy atom. The minimum absolute atomic E-state index is 0.0481. The molecule has 31 heavy (non-hydrogen) atoms. The highest BCUT2D eigenvalue weighted by molar-refractivity contribution is 7.91. The Kier molecular flexibility index (Phi) is 7.11. The molecule has 2 aromatic carbocycles. The molecule has 1 aromatic heterocycles. The molecule has 164 valence electrons. The number of ether oxygens (including phenoxy) is 2. The summed E-state index contributed by atoms with van der Waals surface area (Å²) in [7, 11) is -0.999. The molecule has 1 atom stereocenters.